The largest absolute Gasteiger partial charge is 0.392 e. The first kappa shape index (κ1) is 14.7. The molecule has 1 aromatic heterocycles. The van der Waals surface area contributed by atoms with Crippen molar-refractivity contribution in [1.82, 2.24) is 9.97 Å². The Labute approximate surface area is 109 Å². The minimum atomic E-state index is -0.373. The highest BCUT2D eigenvalue weighted by Gasteiger charge is 2.09. The van der Waals surface area contributed by atoms with E-state index in [2.05, 4.69) is 22.2 Å². The van der Waals surface area contributed by atoms with Crippen LogP contribution in [0.3, 0.4) is 0 Å². The summed E-state index contributed by atoms with van der Waals surface area (Å²) >= 11 is 0. The van der Waals surface area contributed by atoms with Gasteiger partial charge in [-0.25, -0.2) is 9.97 Å². The molecule has 1 rings (SSSR count). The Morgan fingerprint density at radius 3 is 2.67 bits per heavy atom. The van der Waals surface area contributed by atoms with E-state index in [1.165, 1.54) is 0 Å². The monoisotopic (exact) mass is 252 g/mol. The fourth-order valence-corrected chi connectivity index (χ4v) is 1.78. The number of aliphatic hydroxyl groups excluding tert-OH is 1. The highest BCUT2D eigenvalue weighted by atomic mass is 16.3. The molecule has 1 aromatic rings. The van der Waals surface area contributed by atoms with Gasteiger partial charge in [0.1, 0.15) is 17.5 Å². The summed E-state index contributed by atoms with van der Waals surface area (Å²) in [7, 11) is 1.93. The molecular weight excluding hydrogens is 228 g/mol. The van der Waals surface area contributed by atoms with Gasteiger partial charge in [0.25, 0.3) is 0 Å². The Morgan fingerprint density at radius 1 is 1.39 bits per heavy atom. The number of aromatic nitrogens is 2. The van der Waals surface area contributed by atoms with Crippen LogP contribution in [-0.2, 0) is 6.42 Å². The maximum Gasteiger partial charge on any atom is 0.134 e. The van der Waals surface area contributed by atoms with E-state index in [0.717, 1.165) is 36.8 Å². The van der Waals surface area contributed by atoms with Gasteiger partial charge in [-0.3, -0.25) is 0 Å². The SMILES string of the molecule is CCCc1nc(NCC)cc(N(C)CC(C)O)n1. The summed E-state index contributed by atoms with van der Waals surface area (Å²) in [6, 6.07) is 1.92. The average Bonchev–Trinajstić information content (AvgIpc) is 2.28. The molecule has 0 aromatic carbocycles. The van der Waals surface area contributed by atoms with Crippen LogP contribution < -0.4 is 10.2 Å². The lowest BCUT2D eigenvalue weighted by molar-refractivity contribution is 0.201. The zero-order valence-electron chi connectivity index (χ0n) is 11.8. The van der Waals surface area contributed by atoms with Gasteiger partial charge < -0.3 is 15.3 Å². The van der Waals surface area contributed by atoms with Crippen molar-refractivity contribution in [2.45, 2.75) is 39.7 Å². The number of hydrogen-bond acceptors (Lipinski definition) is 5. The number of rotatable bonds is 7. The third kappa shape index (κ3) is 4.49. The van der Waals surface area contributed by atoms with Crippen molar-refractivity contribution in [2.24, 2.45) is 0 Å². The number of nitrogens with one attached hydrogen (secondary N) is 1. The lowest BCUT2D eigenvalue weighted by atomic mass is 10.3. The Bertz CT molecular complexity index is 344. The second-order valence-electron chi connectivity index (χ2n) is 4.54. The summed E-state index contributed by atoms with van der Waals surface area (Å²) < 4.78 is 0. The molecular formula is C13H24N4O. The van der Waals surface area contributed by atoms with Gasteiger partial charge in [-0.1, -0.05) is 6.92 Å². The van der Waals surface area contributed by atoms with Crippen LogP contribution >= 0.6 is 0 Å². The normalized spacial score (nSPS) is 12.3. The van der Waals surface area contributed by atoms with Crippen molar-refractivity contribution in [3.05, 3.63) is 11.9 Å². The van der Waals surface area contributed by atoms with Gasteiger partial charge in [0, 0.05) is 32.6 Å². The highest BCUT2D eigenvalue weighted by molar-refractivity contribution is 5.49. The van der Waals surface area contributed by atoms with Crippen LogP contribution in [0.15, 0.2) is 6.07 Å². The molecule has 5 nitrogen and oxygen atoms in total. The molecule has 0 aliphatic carbocycles. The lowest BCUT2D eigenvalue weighted by Gasteiger charge is -2.21. The first-order valence-corrected chi connectivity index (χ1v) is 6.57. The van der Waals surface area contributed by atoms with E-state index in [1.807, 2.05) is 24.9 Å². The molecule has 0 aliphatic heterocycles. The van der Waals surface area contributed by atoms with E-state index < -0.39 is 0 Å². The van der Waals surface area contributed by atoms with Crippen molar-refractivity contribution >= 4 is 11.6 Å². The summed E-state index contributed by atoms with van der Waals surface area (Å²) in [4.78, 5) is 10.9. The molecule has 0 saturated heterocycles. The molecule has 0 spiro atoms. The quantitative estimate of drug-likeness (QED) is 0.773. The molecule has 1 unspecified atom stereocenters. The Morgan fingerprint density at radius 2 is 2.11 bits per heavy atom. The highest BCUT2D eigenvalue weighted by Crippen LogP contribution is 2.16. The number of likely N-dealkylation sites (N-methyl/N-ethyl adjacent to an activating group) is 1. The minimum absolute atomic E-state index is 0.373. The number of anilines is 2. The standard InChI is InChI=1S/C13H24N4O/c1-5-7-11-15-12(14-6-2)8-13(16-11)17(4)9-10(3)18/h8,10,18H,5-7,9H2,1-4H3,(H,14,15,16). The van der Waals surface area contributed by atoms with Crippen LogP contribution in [0.2, 0.25) is 0 Å². The van der Waals surface area contributed by atoms with Gasteiger partial charge in [0.15, 0.2) is 0 Å². The van der Waals surface area contributed by atoms with E-state index >= 15 is 0 Å². The molecule has 1 heterocycles. The maximum atomic E-state index is 9.43. The molecule has 0 radical (unpaired) electrons. The van der Waals surface area contributed by atoms with Crippen LogP contribution in [0, 0.1) is 0 Å². The molecule has 0 amide bonds. The molecule has 0 saturated carbocycles. The number of nitrogens with zero attached hydrogens (tertiary/aromatic N) is 3. The van der Waals surface area contributed by atoms with Crippen molar-refractivity contribution in [3.8, 4) is 0 Å². The molecule has 2 N–H and O–H groups in total. The third-order valence-electron chi connectivity index (χ3n) is 2.52. The molecule has 1 atom stereocenters. The zero-order chi connectivity index (χ0) is 13.5. The summed E-state index contributed by atoms with van der Waals surface area (Å²) in [6.45, 7) is 7.33. The minimum Gasteiger partial charge on any atom is -0.392 e. The fourth-order valence-electron chi connectivity index (χ4n) is 1.78. The van der Waals surface area contributed by atoms with Crippen LogP contribution in [0.1, 0.15) is 33.0 Å². The van der Waals surface area contributed by atoms with Crippen molar-refractivity contribution in [2.75, 3.05) is 30.4 Å². The van der Waals surface area contributed by atoms with Gasteiger partial charge in [0.05, 0.1) is 6.10 Å². The van der Waals surface area contributed by atoms with Gasteiger partial charge in [-0.15, -0.1) is 0 Å². The van der Waals surface area contributed by atoms with E-state index in [1.54, 1.807) is 6.92 Å². The van der Waals surface area contributed by atoms with Gasteiger partial charge in [-0.2, -0.15) is 0 Å². The van der Waals surface area contributed by atoms with Crippen LogP contribution in [0.5, 0.6) is 0 Å². The Balaban J connectivity index is 2.94. The zero-order valence-corrected chi connectivity index (χ0v) is 11.8. The van der Waals surface area contributed by atoms with Crippen molar-refractivity contribution in [1.29, 1.82) is 0 Å². The Hall–Kier alpha value is -1.36. The van der Waals surface area contributed by atoms with Crippen molar-refractivity contribution in [3.63, 3.8) is 0 Å². The van der Waals surface area contributed by atoms with Gasteiger partial charge in [0.2, 0.25) is 0 Å². The predicted molar refractivity (Wildman–Crippen MR) is 75.1 cm³/mol. The van der Waals surface area contributed by atoms with E-state index in [-0.39, 0.29) is 6.10 Å². The summed E-state index contributed by atoms with van der Waals surface area (Å²) in [6.07, 6.45) is 1.52. The topological polar surface area (TPSA) is 61.3 Å². The first-order chi connectivity index (χ1) is 8.56. The second-order valence-corrected chi connectivity index (χ2v) is 4.54. The van der Waals surface area contributed by atoms with Crippen molar-refractivity contribution < 1.29 is 5.11 Å². The van der Waals surface area contributed by atoms with Crippen LogP contribution in [0.4, 0.5) is 11.6 Å². The molecule has 0 bridgehead atoms. The van der Waals surface area contributed by atoms with E-state index in [9.17, 15) is 5.11 Å². The second kappa shape index (κ2) is 7.16. The maximum absolute atomic E-state index is 9.43. The van der Waals surface area contributed by atoms with Crippen LogP contribution in [-0.4, -0.2) is 41.3 Å². The summed E-state index contributed by atoms with van der Waals surface area (Å²) in [5.41, 5.74) is 0. The number of aliphatic hydroxyl groups is 1. The summed E-state index contributed by atoms with van der Waals surface area (Å²) in [5, 5.41) is 12.6. The van der Waals surface area contributed by atoms with Gasteiger partial charge >= 0.3 is 0 Å². The number of aryl methyl sites for hydroxylation is 1. The molecule has 0 fully saturated rings. The van der Waals surface area contributed by atoms with Gasteiger partial charge in [-0.05, 0) is 20.3 Å². The first-order valence-electron chi connectivity index (χ1n) is 6.57. The summed E-state index contributed by atoms with van der Waals surface area (Å²) in [5.74, 6) is 2.55. The smallest absolute Gasteiger partial charge is 0.134 e. The third-order valence-corrected chi connectivity index (χ3v) is 2.52. The lowest BCUT2D eigenvalue weighted by Crippen LogP contribution is -2.28. The van der Waals surface area contributed by atoms with E-state index in [0.29, 0.717) is 6.54 Å². The average molecular weight is 252 g/mol. The molecule has 102 valence electrons. The van der Waals surface area contributed by atoms with E-state index in [4.69, 9.17) is 0 Å². The predicted octanol–water partition coefficient (Wildman–Crippen LogP) is 1.68. The molecule has 0 aliphatic rings. The molecule has 5 heteroatoms. The Kier molecular flexibility index (Phi) is 5.85. The molecule has 18 heavy (non-hydrogen) atoms. The number of hydrogen-bond donors (Lipinski definition) is 2. The fraction of sp³-hybridized carbons (Fsp3) is 0.692. The van der Waals surface area contributed by atoms with Crippen LogP contribution in [0.25, 0.3) is 0 Å².